The summed E-state index contributed by atoms with van der Waals surface area (Å²) in [7, 11) is 0. The van der Waals surface area contributed by atoms with Crippen molar-refractivity contribution in [1.29, 1.82) is 0 Å². The number of aromatic hydroxyl groups is 1. The fraction of sp³-hybridized carbons (Fsp3) is 0.250. The van der Waals surface area contributed by atoms with Gasteiger partial charge < -0.3 is 9.52 Å². The van der Waals surface area contributed by atoms with Crippen LogP contribution in [0.1, 0.15) is 31.5 Å². The third-order valence-electron chi connectivity index (χ3n) is 5.97. The van der Waals surface area contributed by atoms with Crippen molar-refractivity contribution in [2.45, 2.75) is 47.8 Å². The second-order valence-electron chi connectivity index (χ2n) is 8.57. The fourth-order valence-electron chi connectivity index (χ4n) is 4.53. The smallest absolute Gasteiger partial charge is 0.354 e. The first-order valence-electron chi connectivity index (χ1n) is 10.1. The van der Waals surface area contributed by atoms with Gasteiger partial charge >= 0.3 is 5.63 Å². The van der Waals surface area contributed by atoms with Crippen LogP contribution in [0.4, 0.5) is 0 Å². The van der Waals surface area contributed by atoms with Crippen molar-refractivity contribution in [3.63, 3.8) is 0 Å². The molecule has 1 atom stereocenters. The average molecular weight is 488 g/mol. The quantitative estimate of drug-likeness (QED) is 0.465. The first kappa shape index (κ1) is 21.4. The summed E-state index contributed by atoms with van der Waals surface area (Å²) in [6.45, 7) is 5.84. The summed E-state index contributed by atoms with van der Waals surface area (Å²) in [5.74, 6) is -0.386. The van der Waals surface area contributed by atoms with Gasteiger partial charge in [-0.3, -0.25) is 9.36 Å². The Bertz CT molecular complexity index is 1500. The van der Waals surface area contributed by atoms with Crippen LogP contribution in [0.15, 0.2) is 70.8 Å². The average Bonchev–Trinajstić information content (AvgIpc) is 2.92. The molecular weight excluding hydrogens is 469 g/mol. The van der Waals surface area contributed by atoms with E-state index in [9.17, 15) is 14.7 Å². The van der Waals surface area contributed by atoms with Gasteiger partial charge in [0.1, 0.15) is 15.9 Å². The van der Waals surface area contributed by atoms with Crippen LogP contribution in [0.3, 0.4) is 0 Å². The number of aromatic nitrogens is 1. The first-order valence-corrected chi connectivity index (χ1v) is 11.7. The van der Waals surface area contributed by atoms with Crippen LogP contribution in [-0.4, -0.2) is 15.1 Å². The van der Waals surface area contributed by atoms with Crippen molar-refractivity contribution in [3.05, 3.63) is 79.0 Å². The van der Waals surface area contributed by atoms with Gasteiger partial charge in [-0.15, -0.1) is 11.6 Å². The molecule has 1 aliphatic carbocycles. The van der Waals surface area contributed by atoms with Crippen LogP contribution >= 0.6 is 35.0 Å². The zero-order chi connectivity index (χ0) is 22.9. The highest BCUT2D eigenvalue weighted by atomic mass is 35.5. The number of alkyl halides is 1. The Kier molecular flexibility index (Phi) is 4.89. The Morgan fingerprint density at radius 1 is 1.25 bits per heavy atom. The van der Waals surface area contributed by atoms with Gasteiger partial charge in [0.15, 0.2) is 5.75 Å². The molecule has 0 spiro atoms. The van der Waals surface area contributed by atoms with E-state index in [1.165, 1.54) is 4.57 Å². The van der Waals surface area contributed by atoms with Gasteiger partial charge in [-0.05, 0) is 25.1 Å². The molecule has 0 fully saturated rings. The zero-order valence-electron chi connectivity index (χ0n) is 17.5. The Balaban J connectivity index is 1.80. The molecule has 0 amide bonds. The summed E-state index contributed by atoms with van der Waals surface area (Å²) in [5, 5.41) is 11.2. The topological polar surface area (TPSA) is 72.4 Å². The van der Waals surface area contributed by atoms with E-state index >= 15 is 0 Å². The fourth-order valence-corrected chi connectivity index (χ4v) is 6.33. The number of hydrogen-bond acceptors (Lipinski definition) is 5. The second kappa shape index (κ2) is 7.30. The van der Waals surface area contributed by atoms with E-state index in [1.807, 2.05) is 51.1 Å². The largest absolute Gasteiger partial charge is 0.505 e. The molecule has 0 radical (unpaired) electrons. The summed E-state index contributed by atoms with van der Waals surface area (Å²) >= 11 is 14.0. The highest BCUT2D eigenvalue weighted by Gasteiger charge is 2.44. The second-order valence-corrected chi connectivity index (χ2v) is 10.7. The molecule has 32 heavy (non-hydrogen) atoms. The Morgan fingerprint density at radius 2 is 2.00 bits per heavy atom. The molecule has 164 valence electrons. The van der Waals surface area contributed by atoms with E-state index in [4.69, 9.17) is 27.6 Å². The van der Waals surface area contributed by atoms with Gasteiger partial charge in [0, 0.05) is 39.1 Å². The standard InChI is InChI=1S/C24H19Cl2NO4S/c1-11-5-4-6-13(7-11)32-21-20(28)18-16(31-23(21)30)10-17-24(2,3)19-14(26)8-12(25)9-15(19)27(17)22(18)29/h4-7,9-10,12,28H,8H2,1-3H3. The number of halogens is 2. The molecule has 5 nitrogen and oxygen atoms in total. The third kappa shape index (κ3) is 3.08. The van der Waals surface area contributed by atoms with Gasteiger partial charge in [-0.25, -0.2) is 4.79 Å². The molecule has 2 aliphatic rings. The molecule has 0 bridgehead atoms. The molecule has 0 saturated heterocycles. The van der Waals surface area contributed by atoms with Crippen LogP contribution in [0.5, 0.6) is 5.75 Å². The first-order chi connectivity index (χ1) is 15.1. The van der Waals surface area contributed by atoms with Gasteiger partial charge in [0.25, 0.3) is 5.56 Å². The van der Waals surface area contributed by atoms with Gasteiger partial charge in [-0.2, -0.15) is 0 Å². The van der Waals surface area contributed by atoms with Crippen molar-refractivity contribution in [3.8, 4) is 5.75 Å². The minimum atomic E-state index is -0.698. The maximum Gasteiger partial charge on any atom is 0.354 e. The zero-order valence-corrected chi connectivity index (χ0v) is 19.9. The van der Waals surface area contributed by atoms with Crippen LogP contribution in [0.25, 0.3) is 16.7 Å². The van der Waals surface area contributed by atoms with E-state index in [0.29, 0.717) is 22.8 Å². The minimum absolute atomic E-state index is 0.0281. The molecule has 3 heterocycles. The van der Waals surface area contributed by atoms with Crippen molar-refractivity contribution in [1.82, 2.24) is 4.57 Å². The molecule has 3 aromatic rings. The third-order valence-corrected chi connectivity index (χ3v) is 7.65. The lowest BCUT2D eigenvalue weighted by molar-refractivity contribution is 0.445. The maximum absolute atomic E-state index is 13.6. The number of hydrogen-bond donors (Lipinski definition) is 1. The molecule has 1 aromatic carbocycles. The molecule has 1 N–H and O–H groups in total. The minimum Gasteiger partial charge on any atom is -0.505 e. The van der Waals surface area contributed by atoms with Crippen molar-refractivity contribution < 1.29 is 9.52 Å². The SMILES string of the molecule is Cc1cccc(Sc2c(O)c3c(=O)n4c(cc3oc2=O)C(C)(C)C2=C(Cl)CC(Cl)C=C24)c1. The molecule has 1 aliphatic heterocycles. The van der Waals surface area contributed by atoms with Crippen LogP contribution < -0.4 is 11.2 Å². The summed E-state index contributed by atoms with van der Waals surface area (Å²) in [4.78, 5) is 27.1. The normalized spacial score (nSPS) is 19.2. The van der Waals surface area contributed by atoms with Crippen LogP contribution in [0.2, 0.25) is 0 Å². The van der Waals surface area contributed by atoms with E-state index in [-0.39, 0.29) is 27.0 Å². The van der Waals surface area contributed by atoms with E-state index in [1.54, 1.807) is 6.07 Å². The van der Waals surface area contributed by atoms with E-state index in [0.717, 1.165) is 27.8 Å². The summed E-state index contributed by atoms with van der Waals surface area (Å²) < 4.78 is 7.06. The molecule has 5 rings (SSSR count). The van der Waals surface area contributed by atoms with Gasteiger partial charge in [0.05, 0.1) is 11.1 Å². The van der Waals surface area contributed by atoms with Crippen molar-refractivity contribution >= 4 is 51.6 Å². The summed E-state index contributed by atoms with van der Waals surface area (Å²) in [6.07, 6.45) is 2.29. The lowest BCUT2D eigenvalue weighted by Crippen LogP contribution is -2.23. The van der Waals surface area contributed by atoms with E-state index in [2.05, 4.69) is 0 Å². The molecule has 1 unspecified atom stereocenters. The molecule has 0 saturated carbocycles. The van der Waals surface area contributed by atoms with Crippen molar-refractivity contribution in [2.75, 3.05) is 0 Å². The number of nitrogens with zero attached hydrogens (tertiary/aromatic N) is 1. The lowest BCUT2D eigenvalue weighted by atomic mass is 9.80. The number of rotatable bonds is 2. The number of benzene rings is 1. The molecule has 2 aromatic heterocycles. The van der Waals surface area contributed by atoms with E-state index < -0.39 is 16.6 Å². The maximum atomic E-state index is 13.6. The highest BCUT2D eigenvalue weighted by Crippen LogP contribution is 2.50. The lowest BCUT2D eigenvalue weighted by Gasteiger charge is -2.24. The summed E-state index contributed by atoms with van der Waals surface area (Å²) in [5.41, 5.74) is 1.34. The highest BCUT2D eigenvalue weighted by molar-refractivity contribution is 7.99. The molecule has 8 heteroatoms. The number of pyridine rings is 1. The van der Waals surface area contributed by atoms with Crippen LogP contribution in [-0.2, 0) is 5.41 Å². The Hall–Kier alpha value is -2.41. The molecular formula is C24H19Cl2NO4S. The predicted molar refractivity (Wildman–Crippen MR) is 128 cm³/mol. The number of aryl methyl sites for hydroxylation is 1. The number of fused-ring (bicyclic) bond motifs is 4. The summed E-state index contributed by atoms with van der Waals surface area (Å²) in [6, 6.07) is 9.14. The monoisotopic (exact) mass is 487 g/mol. The van der Waals surface area contributed by atoms with Crippen molar-refractivity contribution in [2.24, 2.45) is 0 Å². The predicted octanol–water partition coefficient (Wildman–Crippen LogP) is 5.76. The number of allylic oxidation sites excluding steroid dienone is 4. The van der Waals surface area contributed by atoms with Crippen LogP contribution in [0, 0.1) is 6.92 Å². The Labute approximate surface area is 198 Å². The Morgan fingerprint density at radius 3 is 2.72 bits per heavy atom. The van der Waals surface area contributed by atoms with Gasteiger partial charge in [0.2, 0.25) is 0 Å². The van der Waals surface area contributed by atoms with Gasteiger partial charge in [-0.1, -0.05) is 54.9 Å².